The van der Waals surface area contributed by atoms with Crippen LogP contribution in [0.5, 0.6) is 0 Å². The van der Waals surface area contributed by atoms with E-state index in [4.69, 9.17) is 5.11 Å². The molecule has 2 atom stereocenters. The van der Waals surface area contributed by atoms with E-state index in [9.17, 15) is 9.59 Å². The molecule has 0 radical (unpaired) electrons. The number of pyridine rings is 1. The first-order valence-electron chi connectivity index (χ1n) is 7.58. The van der Waals surface area contributed by atoms with Crippen LogP contribution in [0.2, 0.25) is 0 Å². The Kier molecular flexibility index (Phi) is 2.62. The summed E-state index contributed by atoms with van der Waals surface area (Å²) in [4.78, 5) is 27.9. The van der Waals surface area contributed by atoms with E-state index >= 15 is 0 Å². The molecule has 5 nitrogen and oxygen atoms in total. The zero-order valence-electron chi connectivity index (χ0n) is 11.7. The fourth-order valence-corrected chi connectivity index (χ4v) is 5.09. The zero-order chi connectivity index (χ0) is 14.6. The van der Waals surface area contributed by atoms with Crippen LogP contribution in [0, 0.1) is 23.2 Å². The van der Waals surface area contributed by atoms with Crippen molar-refractivity contribution < 1.29 is 14.7 Å². The number of carboxylic acids is 1. The summed E-state index contributed by atoms with van der Waals surface area (Å²) in [7, 11) is 0. The Morgan fingerprint density at radius 1 is 1.24 bits per heavy atom. The van der Waals surface area contributed by atoms with Crippen LogP contribution in [-0.4, -0.2) is 22.0 Å². The number of nitrogens with zero attached hydrogens (tertiary/aromatic N) is 1. The van der Waals surface area contributed by atoms with Gasteiger partial charge in [0.2, 0.25) is 5.91 Å². The molecule has 0 saturated heterocycles. The number of aromatic nitrogens is 1. The predicted octanol–water partition coefficient (Wildman–Crippen LogP) is 2.54. The number of aromatic carboxylic acids is 1. The van der Waals surface area contributed by atoms with Gasteiger partial charge in [0.25, 0.3) is 0 Å². The molecule has 2 unspecified atom stereocenters. The lowest BCUT2D eigenvalue weighted by Crippen LogP contribution is -2.37. The lowest BCUT2D eigenvalue weighted by atomic mass is 9.75. The minimum absolute atomic E-state index is 0.00713. The van der Waals surface area contributed by atoms with Crippen LogP contribution in [0.3, 0.4) is 0 Å². The molecule has 2 N–H and O–H groups in total. The van der Waals surface area contributed by atoms with Gasteiger partial charge in [-0.1, -0.05) is 0 Å². The van der Waals surface area contributed by atoms with Gasteiger partial charge in [-0.25, -0.2) is 9.78 Å². The average Bonchev–Trinajstić information content (AvgIpc) is 2.85. The molecule has 4 fully saturated rings. The number of amides is 1. The molecule has 4 aliphatic carbocycles. The highest BCUT2D eigenvalue weighted by Gasteiger charge is 2.61. The fourth-order valence-electron chi connectivity index (χ4n) is 5.09. The molecule has 4 bridgehead atoms. The Morgan fingerprint density at radius 3 is 2.62 bits per heavy atom. The summed E-state index contributed by atoms with van der Waals surface area (Å²) in [5.74, 6) is 0.779. The van der Waals surface area contributed by atoms with Crippen LogP contribution in [0.1, 0.15) is 42.6 Å². The number of rotatable bonds is 3. The number of nitrogens with one attached hydrogen (secondary N) is 1. The summed E-state index contributed by atoms with van der Waals surface area (Å²) in [5.41, 5.74) is -0.0188. The van der Waals surface area contributed by atoms with Crippen LogP contribution >= 0.6 is 0 Å². The van der Waals surface area contributed by atoms with E-state index in [-0.39, 0.29) is 17.0 Å². The van der Waals surface area contributed by atoms with Crippen molar-refractivity contribution in [1.29, 1.82) is 0 Å². The van der Waals surface area contributed by atoms with E-state index in [0.29, 0.717) is 23.4 Å². The van der Waals surface area contributed by atoms with Gasteiger partial charge >= 0.3 is 5.97 Å². The number of carboxylic acid groups (broad SMARTS) is 1. The van der Waals surface area contributed by atoms with Gasteiger partial charge in [-0.3, -0.25) is 4.79 Å². The minimum Gasteiger partial charge on any atom is -0.476 e. The number of carbonyl (C=O) groups excluding carboxylic acids is 1. The Labute approximate surface area is 122 Å². The first kappa shape index (κ1) is 12.8. The van der Waals surface area contributed by atoms with E-state index < -0.39 is 5.97 Å². The van der Waals surface area contributed by atoms with Crippen molar-refractivity contribution in [2.75, 3.05) is 5.32 Å². The molecular formula is C16H18N2O3. The average molecular weight is 286 g/mol. The molecule has 1 heterocycles. The van der Waals surface area contributed by atoms with E-state index in [2.05, 4.69) is 10.3 Å². The van der Waals surface area contributed by atoms with Gasteiger partial charge in [0.1, 0.15) is 0 Å². The number of hydrogen-bond acceptors (Lipinski definition) is 3. The molecule has 5 heteroatoms. The van der Waals surface area contributed by atoms with Crippen molar-refractivity contribution in [2.24, 2.45) is 23.2 Å². The maximum Gasteiger partial charge on any atom is 0.356 e. The fraction of sp³-hybridized carbons (Fsp3) is 0.562. The summed E-state index contributed by atoms with van der Waals surface area (Å²) in [5, 5.41) is 12.0. The van der Waals surface area contributed by atoms with Crippen LogP contribution in [0.25, 0.3) is 0 Å². The molecule has 1 aromatic heterocycles. The molecule has 0 aromatic carbocycles. The molecule has 1 aromatic rings. The lowest BCUT2D eigenvalue weighted by molar-refractivity contribution is -0.127. The number of hydrogen-bond donors (Lipinski definition) is 2. The smallest absolute Gasteiger partial charge is 0.356 e. The first-order valence-corrected chi connectivity index (χ1v) is 7.58. The quantitative estimate of drug-likeness (QED) is 0.895. The second-order valence-electron chi connectivity index (χ2n) is 6.86. The maximum atomic E-state index is 12.8. The second-order valence-corrected chi connectivity index (χ2v) is 6.86. The molecule has 4 saturated carbocycles. The van der Waals surface area contributed by atoms with Gasteiger partial charge in [-0.2, -0.15) is 0 Å². The molecule has 5 rings (SSSR count). The maximum absolute atomic E-state index is 12.8. The van der Waals surface area contributed by atoms with Crippen LogP contribution < -0.4 is 5.32 Å². The van der Waals surface area contributed by atoms with Crippen molar-refractivity contribution in [3.8, 4) is 0 Å². The lowest BCUT2D eigenvalue weighted by Gasteiger charge is -2.31. The van der Waals surface area contributed by atoms with Crippen molar-refractivity contribution in [2.45, 2.75) is 32.1 Å². The standard InChI is InChI=1S/C16H18N2O3/c19-14(20)13-12(2-1-3-17-13)18-15(21)16-7-9-4-10(8-16)6-11(16)5-9/h1-3,9-11H,4-8H2,(H,18,21)(H,19,20). The second kappa shape index (κ2) is 4.29. The largest absolute Gasteiger partial charge is 0.476 e. The van der Waals surface area contributed by atoms with Crippen molar-refractivity contribution in [1.82, 2.24) is 4.98 Å². The molecular weight excluding hydrogens is 268 g/mol. The normalized spacial score (nSPS) is 35.9. The van der Waals surface area contributed by atoms with Gasteiger partial charge in [0, 0.05) is 6.20 Å². The highest BCUT2D eigenvalue weighted by Crippen LogP contribution is 2.65. The number of carbonyl (C=O) groups is 2. The Hall–Kier alpha value is -1.91. The predicted molar refractivity (Wildman–Crippen MR) is 75.8 cm³/mol. The van der Waals surface area contributed by atoms with Crippen LogP contribution in [0.4, 0.5) is 5.69 Å². The van der Waals surface area contributed by atoms with Gasteiger partial charge in [0.15, 0.2) is 5.69 Å². The van der Waals surface area contributed by atoms with Crippen molar-refractivity contribution in [3.05, 3.63) is 24.0 Å². The minimum atomic E-state index is -1.11. The van der Waals surface area contributed by atoms with E-state index in [1.807, 2.05) is 0 Å². The Morgan fingerprint density at radius 2 is 1.95 bits per heavy atom. The molecule has 4 aliphatic rings. The summed E-state index contributed by atoms with van der Waals surface area (Å²) < 4.78 is 0. The van der Waals surface area contributed by atoms with Crippen molar-refractivity contribution >= 4 is 17.6 Å². The Balaban J connectivity index is 1.61. The third-order valence-electron chi connectivity index (χ3n) is 5.70. The topological polar surface area (TPSA) is 79.3 Å². The van der Waals surface area contributed by atoms with E-state index in [1.54, 1.807) is 12.1 Å². The Bertz CT molecular complexity index is 614. The third-order valence-corrected chi connectivity index (χ3v) is 5.70. The highest BCUT2D eigenvalue weighted by atomic mass is 16.4. The highest BCUT2D eigenvalue weighted by molar-refractivity contribution is 6.01. The summed E-state index contributed by atoms with van der Waals surface area (Å²) in [6.07, 6.45) is 7.00. The van der Waals surface area contributed by atoms with Crippen LogP contribution in [0.15, 0.2) is 18.3 Å². The summed E-state index contributed by atoms with van der Waals surface area (Å²) >= 11 is 0. The van der Waals surface area contributed by atoms with E-state index in [0.717, 1.165) is 12.8 Å². The van der Waals surface area contributed by atoms with Crippen LogP contribution in [-0.2, 0) is 4.79 Å². The van der Waals surface area contributed by atoms with E-state index in [1.165, 1.54) is 25.5 Å². The summed E-state index contributed by atoms with van der Waals surface area (Å²) in [6, 6.07) is 3.27. The SMILES string of the molecule is O=C(O)c1ncccc1NC(=O)C12CC3CC(CC1C3)C2. The van der Waals surface area contributed by atoms with Gasteiger partial charge in [-0.05, 0) is 62.0 Å². The molecule has 0 aliphatic heterocycles. The zero-order valence-corrected chi connectivity index (χ0v) is 11.7. The first-order chi connectivity index (χ1) is 10.1. The molecule has 0 spiro atoms. The molecule has 21 heavy (non-hydrogen) atoms. The number of anilines is 1. The molecule has 110 valence electrons. The molecule has 1 amide bonds. The van der Waals surface area contributed by atoms with Gasteiger partial charge < -0.3 is 10.4 Å². The van der Waals surface area contributed by atoms with Gasteiger partial charge in [0.05, 0.1) is 11.1 Å². The van der Waals surface area contributed by atoms with Gasteiger partial charge in [-0.15, -0.1) is 0 Å². The van der Waals surface area contributed by atoms with Crippen molar-refractivity contribution in [3.63, 3.8) is 0 Å². The monoisotopic (exact) mass is 286 g/mol. The third kappa shape index (κ3) is 1.79. The summed E-state index contributed by atoms with van der Waals surface area (Å²) in [6.45, 7) is 0.